The van der Waals surface area contributed by atoms with E-state index in [0.29, 0.717) is 16.4 Å². The number of para-hydroxylation sites is 1. The van der Waals surface area contributed by atoms with Crippen LogP contribution in [0.3, 0.4) is 0 Å². The topological polar surface area (TPSA) is 51.2 Å². The lowest BCUT2D eigenvalue weighted by atomic mass is 9.94. The molecule has 4 nitrogen and oxygen atoms in total. The van der Waals surface area contributed by atoms with E-state index in [4.69, 9.17) is 9.72 Å². The number of nitrogens with zero attached hydrogens (tertiary/aromatic N) is 1. The van der Waals surface area contributed by atoms with Crippen molar-refractivity contribution in [1.29, 1.82) is 0 Å². The summed E-state index contributed by atoms with van der Waals surface area (Å²) in [6.07, 6.45) is 1.98. The fourth-order valence-electron chi connectivity index (χ4n) is 3.47. The van der Waals surface area contributed by atoms with Crippen molar-refractivity contribution in [2.24, 2.45) is 0 Å². The Morgan fingerprint density at radius 1 is 0.862 bits per heavy atom. The molecule has 1 heterocycles. The van der Waals surface area contributed by atoms with Crippen LogP contribution in [0.5, 0.6) is 11.5 Å². The molecule has 0 fully saturated rings. The summed E-state index contributed by atoms with van der Waals surface area (Å²) in [6, 6.07) is 25.0. The highest BCUT2D eigenvalue weighted by molar-refractivity contribution is 7.16. The molecular formula is C24H18N2O2S. The molecule has 3 aromatic carbocycles. The van der Waals surface area contributed by atoms with Crippen LogP contribution in [0.4, 0.5) is 5.13 Å². The maximum absolute atomic E-state index is 12.7. The minimum absolute atomic E-state index is 0.171. The highest BCUT2D eigenvalue weighted by Gasteiger charge is 2.21. The van der Waals surface area contributed by atoms with Crippen LogP contribution < -0.4 is 10.1 Å². The molecule has 0 bridgehead atoms. The van der Waals surface area contributed by atoms with E-state index in [1.165, 1.54) is 16.0 Å². The first-order valence-electron chi connectivity index (χ1n) is 9.48. The molecule has 1 aliphatic carbocycles. The molecule has 0 saturated heterocycles. The smallest absolute Gasteiger partial charge is 0.257 e. The highest BCUT2D eigenvalue weighted by atomic mass is 32.1. The molecule has 5 rings (SSSR count). The number of anilines is 1. The van der Waals surface area contributed by atoms with E-state index in [0.717, 1.165) is 24.3 Å². The van der Waals surface area contributed by atoms with E-state index in [9.17, 15) is 4.79 Å². The molecule has 29 heavy (non-hydrogen) atoms. The van der Waals surface area contributed by atoms with Crippen molar-refractivity contribution in [2.75, 3.05) is 5.32 Å². The normalized spacial score (nSPS) is 12.0. The van der Waals surface area contributed by atoms with Crippen molar-refractivity contribution >= 4 is 22.4 Å². The largest absolute Gasteiger partial charge is 0.457 e. The molecule has 142 valence electrons. The van der Waals surface area contributed by atoms with Crippen LogP contribution >= 0.6 is 11.3 Å². The number of benzene rings is 3. The third-order valence-corrected chi connectivity index (χ3v) is 5.94. The minimum Gasteiger partial charge on any atom is -0.457 e. The van der Waals surface area contributed by atoms with Gasteiger partial charge in [0.1, 0.15) is 11.5 Å². The van der Waals surface area contributed by atoms with Gasteiger partial charge in [-0.05, 0) is 54.8 Å². The third kappa shape index (κ3) is 3.65. The van der Waals surface area contributed by atoms with E-state index in [-0.39, 0.29) is 5.91 Å². The van der Waals surface area contributed by atoms with E-state index in [1.54, 1.807) is 35.6 Å². The third-order valence-electron chi connectivity index (χ3n) is 4.91. The number of ether oxygens (including phenoxy) is 1. The summed E-state index contributed by atoms with van der Waals surface area (Å²) in [4.78, 5) is 18.6. The molecule has 1 aromatic heterocycles. The van der Waals surface area contributed by atoms with E-state index >= 15 is 0 Å². The number of fused-ring (bicyclic) bond motifs is 3. The van der Waals surface area contributed by atoms with Gasteiger partial charge in [-0.25, -0.2) is 4.98 Å². The Kier molecular flexibility index (Phi) is 4.58. The van der Waals surface area contributed by atoms with Gasteiger partial charge >= 0.3 is 0 Å². The number of carbonyl (C=O) groups is 1. The van der Waals surface area contributed by atoms with Crippen molar-refractivity contribution in [1.82, 2.24) is 4.98 Å². The predicted molar refractivity (Wildman–Crippen MR) is 116 cm³/mol. The van der Waals surface area contributed by atoms with Crippen LogP contribution in [0.25, 0.3) is 11.3 Å². The van der Waals surface area contributed by atoms with Crippen molar-refractivity contribution in [3.8, 4) is 22.8 Å². The number of thiazole rings is 1. The summed E-state index contributed by atoms with van der Waals surface area (Å²) in [5.41, 5.74) is 4.06. The van der Waals surface area contributed by atoms with E-state index < -0.39 is 0 Å². The van der Waals surface area contributed by atoms with Crippen LogP contribution in [-0.2, 0) is 12.8 Å². The number of aromatic nitrogens is 1. The van der Waals surface area contributed by atoms with Gasteiger partial charge in [0, 0.05) is 16.0 Å². The van der Waals surface area contributed by atoms with Crippen molar-refractivity contribution in [3.63, 3.8) is 0 Å². The minimum atomic E-state index is -0.171. The summed E-state index contributed by atoms with van der Waals surface area (Å²) in [6.45, 7) is 0. The van der Waals surface area contributed by atoms with Gasteiger partial charge in [-0.1, -0.05) is 42.5 Å². The molecule has 0 saturated carbocycles. The summed E-state index contributed by atoms with van der Waals surface area (Å²) >= 11 is 1.56. The van der Waals surface area contributed by atoms with Gasteiger partial charge in [-0.3, -0.25) is 10.1 Å². The van der Waals surface area contributed by atoms with Gasteiger partial charge in [0.15, 0.2) is 5.13 Å². The second-order valence-electron chi connectivity index (χ2n) is 6.84. The molecule has 1 aliphatic rings. The van der Waals surface area contributed by atoms with Gasteiger partial charge in [-0.15, -0.1) is 11.3 Å². The van der Waals surface area contributed by atoms with Crippen LogP contribution in [0.15, 0.2) is 78.9 Å². The number of aryl methyl sites for hydroxylation is 2. The molecule has 1 amide bonds. The lowest BCUT2D eigenvalue weighted by Gasteiger charge is -2.13. The fourth-order valence-corrected chi connectivity index (χ4v) is 4.44. The molecule has 1 N–H and O–H groups in total. The number of amides is 1. The number of nitrogens with one attached hydrogen (secondary N) is 1. The summed E-state index contributed by atoms with van der Waals surface area (Å²) in [7, 11) is 0. The van der Waals surface area contributed by atoms with Crippen molar-refractivity contribution in [2.45, 2.75) is 12.8 Å². The standard InChI is InChI=1S/C24H18N2O2S/c27-23(17-10-13-19(14-11-17)28-18-7-2-1-3-8-18)26-24-25-22-20-9-5-4-6-16(20)12-15-21(22)29-24/h1-11,13-14H,12,15H2,(H,25,26,27). The first-order chi connectivity index (χ1) is 14.3. The average molecular weight is 398 g/mol. The summed E-state index contributed by atoms with van der Waals surface area (Å²) in [5, 5.41) is 3.58. The Labute approximate surface area is 172 Å². The first kappa shape index (κ1) is 17.6. The number of hydrogen-bond donors (Lipinski definition) is 1. The lowest BCUT2D eigenvalue weighted by Crippen LogP contribution is -2.11. The van der Waals surface area contributed by atoms with Crippen LogP contribution in [0.2, 0.25) is 0 Å². The van der Waals surface area contributed by atoms with Gasteiger partial charge in [0.25, 0.3) is 5.91 Å². The Bertz CT molecular complexity index is 1170. The van der Waals surface area contributed by atoms with Gasteiger partial charge in [0.2, 0.25) is 0 Å². The highest BCUT2D eigenvalue weighted by Crippen LogP contribution is 2.38. The first-order valence-corrected chi connectivity index (χ1v) is 10.3. The van der Waals surface area contributed by atoms with E-state index in [1.807, 2.05) is 36.4 Å². The van der Waals surface area contributed by atoms with Crippen LogP contribution in [0.1, 0.15) is 20.8 Å². The van der Waals surface area contributed by atoms with Crippen LogP contribution in [0, 0.1) is 0 Å². The predicted octanol–water partition coefficient (Wildman–Crippen LogP) is 5.95. The van der Waals surface area contributed by atoms with Crippen molar-refractivity contribution in [3.05, 3.63) is 94.9 Å². The summed E-state index contributed by atoms with van der Waals surface area (Å²) < 4.78 is 5.78. The second kappa shape index (κ2) is 7.53. The van der Waals surface area contributed by atoms with Gasteiger partial charge < -0.3 is 4.74 Å². The average Bonchev–Trinajstić information content (AvgIpc) is 3.18. The molecule has 0 atom stereocenters. The number of hydrogen-bond acceptors (Lipinski definition) is 4. The Morgan fingerprint density at radius 2 is 1.59 bits per heavy atom. The SMILES string of the molecule is O=C(Nc1nc2c(s1)CCc1ccccc1-2)c1ccc(Oc2ccccc2)cc1. The molecule has 0 unspecified atom stereocenters. The molecule has 4 aromatic rings. The Hall–Kier alpha value is -3.44. The maximum Gasteiger partial charge on any atom is 0.257 e. The van der Waals surface area contributed by atoms with Crippen molar-refractivity contribution < 1.29 is 9.53 Å². The van der Waals surface area contributed by atoms with Gasteiger partial charge in [-0.2, -0.15) is 0 Å². The van der Waals surface area contributed by atoms with Crippen LogP contribution in [-0.4, -0.2) is 10.9 Å². The zero-order valence-corrected chi connectivity index (χ0v) is 16.4. The monoisotopic (exact) mass is 398 g/mol. The summed E-state index contributed by atoms with van der Waals surface area (Å²) in [5.74, 6) is 1.28. The molecule has 0 aliphatic heterocycles. The fraction of sp³-hybridized carbons (Fsp3) is 0.0833. The molecular weight excluding hydrogens is 380 g/mol. The quantitative estimate of drug-likeness (QED) is 0.462. The van der Waals surface area contributed by atoms with Gasteiger partial charge in [0.05, 0.1) is 5.69 Å². The number of rotatable bonds is 4. The second-order valence-corrected chi connectivity index (χ2v) is 7.93. The van der Waals surface area contributed by atoms with E-state index in [2.05, 4.69) is 23.5 Å². The zero-order chi connectivity index (χ0) is 19.6. The molecule has 5 heteroatoms. The molecule has 0 spiro atoms. The maximum atomic E-state index is 12.7. The Balaban J connectivity index is 1.31. The zero-order valence-electron chi connectivity index (χ0n) is 15.6. The molecule has 0 radical (unpaired) electrons. The number of carbonyl (C=O) groups excluding carboxylic acids is 1. The lowest BCUT2D eigenvalue weighted by molar-refractivity contribution is 0.102. The Morgan fingerprint density at radius 3 is 2.41 bits per heavy atom.